The first-order valence-electron chi connectivity index (χ1n) is 9.05. The molecule has 0 amide bonds. The highest BCUT2D eigenvalue weighted by Gasteiger charge is 2.11. The molecular formula is C23H16ClN3O2. The maximum absolute atomic E-state index is 6.22. The van der Waals surface area contributed by atoms with Gasteiger partial charge in [-0.05, 0) is 54.1 Å². The minimum Gasteiger partial charge on any atom is -0.496 e. The Morgan fingerprint density at radius 3 is 2.72 bits per heavy atom. The third kappa shape index (κ3) is 3.15. The van der Waals surface area contributed by atoms with E-state index < -0.39 is 0 Å². The van der Waals surface area contributed by atoms with Crippen LogP contribution in [-0.4, -0.2) is 21.8 Å². The average molecular weight is 402 g/mol. The monoisotopic (exact) mass is 401 g/mol. The molecule has 0 spiro atoms. The number of ether oxygens (including phenoxy) is 1. The molecule has 0 aliphatic rings. The first-order valence-corrected chi connectivity index (χ1v) is 9.43. The van der Waals surface area contributed by atoms with E-state index >= 15 is 0 Å². The second kappa shape index (κ2) is 7.11. The fourth-order valence-electron chi connectivity index (χ4n) is 3.47. The van der Waals surface area contributed by atoms with Gasteiger partial charge in [-0.3, -0.25) is 4.57 Å². The molecule has 0 aliphatic heterocycles. The van der Waals surface area contributed by atoms with Crippen molar-refractivity contribution >= 4 is 22.6 Å². The van der Waals surface area contributed by atoms with Crippen LogP contribution in [0, 0.1) is 0 Å². The number of hydrogen-bond acceptors (Lipinski definition) is 4. The van der Waals surface area contributed by atoms with E-state index in [1.165, 1.54) is 0 Å². The molecule has 0 N–H and O–H groups in total. The molecule has 0 unspecified atom stereocenters. The van der Waals surface area contributed by atoms with E-state index in [0.29, 0.717) is 5.02 Å². The van der Waals surface area contributed by atoms with Gasteiger partial charge in [0.15, 0.2) is 5.76 Å². The van der Waals surface area contributed by atoms with Crippen LogP contribution < -0.4 is 4.74 Å². The SMILES string of the molecule is COc1ccc(Cl)cc1-c1cccc(-n2cnc3cc(-c4ccno4)ccc32)c1. The molecule has 2 aromatic heterocycles. The standard InChI is InChI=1S/C23H16ClN3O2/c1-28-23-8-6-17(24)13-19(23)15-3-2-4-18(11-15)27-14-25-20-12-16(5-7-21(20)27)22-9-10-26-29-22/h2-14H,1H3. The van der Waals surface area contributed by atoms with Gasteiger partial charge < -0.3 is 9.26 Å². The molecule has 0 atom stereocenters. The van der Waals surface area contributed by atoms with Crippen LogP contribution in [0.15, 0.2) is 83.8 Å². The van der Waals surface area contributed by atoms with Crippen molar-refractivity contribution in [2.24, 2.45) is 0 Å². The van der Waals surface area contributed by atoms with Crippen molar-refractivity contribution in [1.29, 1.82) is 0 Å². The van der Waals surface area contributed by atoms with Gasteiger partial charge in [-0.1, -0.05) is 28.9 Å². The van der Waals surface area contributed by atoms with Crippen molar-refractivity contribution in [1.82, 2.24) is 14.7 Å². The third-order valence-electron chi connectivity index (χ3n) is 4.87. The summed E-state index contributed by atoms with van der Waals surface area (Å²) in [6.45, 7) is 0. The predicted molar refractivity (Wildman–Crippen MR) is 114 cm³/mol. The molecular weight excluding hydrogens is 386 g/mol. The number of aromatic nitrogens is 3. The Labute approximate surface area is 172 Å². The molecule has 2 heterocycles. The van der Waals surface area contributed by atoms with E-state index in [1.54, 1.807) is 13.3 Å². The van der Waals surface area contributed by atoms with Crippen molar-refractivity contribution in [3.8, 4) is 33.9 Å². The minimum absolute atomic E-state index is 0.666. The van der Waals surface area contributed by atoms with Gasteiger partial charge in [0, 0.05) is 27.9 Å². The van der Waals surface area contributed by atoms with Crippen LogP contribution in [-0.2, 0) is 0 Å². The first kappa shape index (κ1) is 17.5. The summed E-state index contributed by atoms with van der Waals surface area (Å²) in [7, 11) is 1.66. The van der Waals surface area contributed by atoms with E-state index in [-0.39, 0.29) is 0 Å². The fourth-order valence-corrected chi connectivity index (χ4v) is 3.64. The molecule has 0 bridgehead atoms. The molecule has 0 fully saturated rings. The zero-order valence-corrected chi connectivity index (χ0v) is 16.3. The van der Waals surface area contributed by atoms with E-state index in [2.05, 4.69) is 20.8 Å². The Bertz CT molecular complexity index is 1310. The summed E-state index contributed by atoms with van der Waals surface area (Å²) in [5, 5.41) is 4.44. The molecule has 0 aliphatic carbocycles. The van der Waals surface area contributed by atoms with Crippen LogP contribution >= 0.6 is 11.6 Å². The molecule has 5 aromatic rings. The Balaban J connectivity index is 1.59. The van der Waals surface area contributed by atoms with Gasteiger partial charge in [-0.2, -0.15) is 0 Å². The highest BCUT2D eigenvalue weighted by Crippen LogP contribution is 2.34. The summed E-state index contributed by atoms with van der Waals surface area (Å²) in [6.07, 6.45) is 3.46. The topological polar surface area (TPSA) is 53.1 Å². The van der Waals surface area contributed by atoms with Crippen LogP contribution in [0.2, 0.25) is 5.02 Å². The van der Waals surface area contributed by atoms with Crippen molar-refractivity contribution in [3.63, 3.8) is 0 Å². The molecule has 5 nitrogen and oxygen atoms in total. The molecule has 29 heavy (non-hydrogen) atoms. The fraction of sp³-hybridized carbons (Fsp3) is 0.0435. The van der Waals surface area contributed by atoms with Gasteiger partial charge in [-0.25, -0.2) is 4.98 Å². The van der Waals surface area contributed by atoms with Gasteiger partial charge in [0.2, 0.25) is 0 Å². The van der Waals surface area contributed by atoms with Gasteiger partial charge in [0.1, 0.15) is 12.1 Å². The lowest BCUT2D eigenvalue weighted by Gasteiger charge is -2.11. The van der Waals surface area contributed by atoms with Gasteiger partial charge in [0.25, 0.3) is 0 Å². The van der Waals surface area contributed by atoms with Crippen molar-refractivity contribution in [2.75, 3.05) is 7.11 Å². The Kier molecular flexibility index (Phi) is 4.30. The van der Waals surface area contributed by atoms with Crippen LogP contribution in [0.5, 0.6) is 5.75 Å². The summed E-state index contributed by atoms with van der Waals surface area (Å²) < 4.78 is 12.8. The number of imidazole rings is 1. The van der Waals surface area contributed by atoms with Crippen LogP contribution in [0.25, 0.3) is 39.2 Å². The molecule has 6 heteroatoms. The minimum atomic E-state index is 0.666. The lowest BCUT2D eigenvalue weighted by atomic mass is 10.0. The highest BCUT2D eigenvalue weighted by atomic mass is 35.5. The number of nitrogens with zero attached hydrogens (tertiary/aromatic N) is 3. The maximum atomic E-state index is 6.22. The molecule has 0 saturated carbocycles. The van der Waals surface area contributed by atoms with E-state index in [1.807, 2.05) is 67.0 Å². The molecule has 0 saturated heterocycles. The van der Waals surface area contributed by atoms with Crippen LogP contribution in [0.3, 0.4) is 0 Å². The zero-order chi connectivity index (χ0) is 19.8. The number of halogens is 1. The van der Waals surface area contributed by atoms with Crippen LogP contribution in [0.4, 0.5) is 0 Å². The largest absolute Gasteiger partial charge is 0.496 e. The van der Waals surface area contributed by atoms with Gasteiger partial charge in [-0.15, -0.1) is 0 Å². The number of fused-ring (bicyclic) bond motifs is 1. The molecule has 142 valence electrons. The van der Waals surface area contributed by atoms with Crippen molar-refractivity contribution in [3.05, 3.63) is 84.3 Å². The molecule has 5 rings (SSSR count). The van der Waals surface area contributed by atoms with Gasteiger partial charge >= 0.3 is 0 Å². The summed E-state index contributed by atoms with van der Waals surface area (Å²) >= 11 is 6.22. The summed E-state index contributed by atoms with van der Waals surface area (Å²) in [4.78, 5) is 4.57. The first-order chi connectivity index (χ1) is 14.2. The van der Waals surface area contributed by atoms with E-state index in [0.717, 1.165) is 44.9 Å². The predicted octanol–water partition coefficient (Wildman–Crippen LogP) is 6.01. The second-order valence-electron chi connectivity index (χ2n) is 6.59. The quantitative estimate of drug-likeness (QED) is 0.370. The Hall–Kier alpha value is -3.57. The normalized spacial score (nSPS) is 11.1. The molecule has 0 radical (unpaired) electrons. The summed E-state index contributed by atoms with van der Waals surface area (Å²) in [5.74, 6) is 1.50. The van der Waals surface area contributed by atoms with Crippen LogP contribution in [0.1, 0.15) is 0 Å². The van der Waals surface area contributed by atoms with Crippen molar-refractivity contribution in [2.45, 2.75) is 0 Å². The van der Waals surface area contributed by atoms with E-state index in [9.17, 15) is 0 Å². The lowest BCUT2D eigenvalue weighted by Crippen LogP contribution is -1.93. The number of benzene rings is 3. The maximum Gasteiger partial charge on any atom is 0.166 e. The third-order valence-corrected chi connectivity index (χ3v) is 5.10. The number of methoxy groups -OCH3 is 1. The lowest BCUT2D eigenvalue weighted by molar-refractivity contribution is 0.416. The molecule has 3 aromatic carbocycles. The summed E-state index contributed by atoms with van der Waals surface area (Å²) in [5.41, 5.74) is 5.78. The Morgan fingerprint density at radius 2 is 1.90 bits per heavy atom. The number of hydrogen-bond donors (Lipinski definition) is 0. The Morgan fingerprint density at radius 1 is 0.966 bits per heavy atom. The average Bonchev–Trinajstić information content (AvgIpc) is 3.43. The second-order valence-corrected chi connectivity index (χ2v) is 7.03. The highest BCUT2D eigenvalue weighted by molar-refractivity contribution is 6.31. The van der Waals surface area contributed by atoms with Gasteiger partial charge in [0.05, 0.1) is 24.3 Å². The van der Waals surface area contributed by atoms with E-state index in [4.69, 9.17) is 20.9 Å². The number of rotatable bonds is 4. The zero-order valence-electron chi connectivity index (χ0n) is 15.5. The summed E-state index contributed by atoms with van der Waals surface area (Å²) in [6, 6.07) is 21.7. The van der Waals surface area contributed by atoms with Crippen molar-refractivity contribution < 1.29 is 9.26 Å². The smallest absolute Gasteiger partial charge is 0.166 e.